The lowest BCUT2D eigenvalue weighted by Gasteiger charge is -2.25. The Labute approximate surface area is 143 Å². The number of sulfonamides is 1. The number of hydrogen-bond acceptors (Lipinski definition) is 4. The maximum atomic E-state index is 12.9. The van der Waals surface area contributed by atoms with E-state index in [0.717, 1.165) is 11.3 Å². The normalized spacial score (nSPS) is 22.9. The van der Waals surface area contributed by atoms with Gasteiger partial charge >= 0.3 is 0 Å². The summed E-state index contributed by atoms with van der Waals surface area (Å²) in [5.41, 5.74) is 1.07. The molecule has 2 aliphatic rings. The van der Waals surface area contributed by atoms with Crippen molar-refractivity contribution in [2.24, 2.45) is 5.92 Å². The first-order valence-electron chi connectivity index (χ1n) is 8.40. The van der Waals surface area contributed by atoms with Gasteiger partial charge in [-0.05, 0) is 30.9 Å². The molecule has 3 rings (SSSR count). The highest BCUT2D eigenvalue weighted by atomic mass is 32.2. The van der Waals surface area contributed by atoms with Crippen LogP contribution in [0.1, 0.15) is 18.4 Å². The van der Waals surface area contributed by atoms with E-state index in [1.165, 1.54) is 10.6 Å². The molecule has 1 fully saturated rings. The second kappa shape index (κ2) is 7.11. The molecule has 1 saturated heterocycles. The Kier molecular flexibility index (Phi) is 5.10. The molecule has 0 aliphatic carbocycles. The molecule has 0 radical (unpaired) electrons. The number of para-hydroxylation sites is 1. The maximum Gasteiger partial charge on any atom is 0.226 e. The predicted molar refractivity (Wildman–Crippen MR) is 91.4 cm³/mol. The highest BCUT2D eigenvalue weighted by molar-refractivity contribution is 7.88. The van der Waals surface area contributed by atoms with Gasteiger partial charge in [-0.1, -0.05) is 18.2 Å². The predicted octanol–water partition coefficient (Wildman–Crippen LogP) is 1.12. The molecular weight excluding hydrogens is 328 g/mol. The number of rotatable bonds is 2. The number of carbonyl (C=O) groups excluding carboxylic acids is 1. The van der Waals surface area contributed by atoms with Crippen molar-refractivity contribution in [3.8, 4) is 5.75 Å². The van der Waals surface area contributed by atoms with Gasteiger partial charge in [-0.15, -0.1) is 0 Å². The average Bonchev–Trinajstić information content (AvgIpc) is 2.92. The van der Waals surface area contributed by atoms with E-state index >= 15 is 0 Å². The third-order valence-electron chi connectivity index (χ3n) is 4.75. The second-order valence-corrected chi connectivity index (χ2v) is 8.47. The zero-order chi connectivity index (χ0) is 17.2. The van der Waals surface area contributed by atoms with Gasteiger partial charge in [0.1, 0.15) is 5.75 Å². The first kappa shape index (κ1) is 17.2. The van der Waals surface area contributed by atoms with Crippen molar-refractivity contribution >= 4 is 15.9 Å². The zero-order valence-electron chi connectivity index (χ0n) is 14.0. The molecule has 1 aromatic carbocycles. The number of ether oxygens (including phenoxy) is 1. The SMILES string of the molecule is CS(=O)(=O)N1CCCN(C(=O)C2CCOc3ccccc3C2)CC1. The summed E-state index contributed by atoms with van der Waals surface area (Å²) in [6, 6.07) is 7.85. The van der Waals surface area contributed by atoms with Gasteiger partial charge in [0.15, 0.2) is 0 Å². The standard InChI is InChI=1S/C17H24N2O4S/c1-24(21,22)19-9-4-8-18(10-11-19)17(20)15-7-12-23-16-6-3-2-5-14(16)13-15/h2-3,5-6,15H,4,7-13H2,1H3. The van der Waals surface area contributed by atoms with Crippen molar-refractivity contribution in [1.82, 2.24) is 9.21 Å². The molecule has 2 aliphatic heterocycles. The van der Waals surface area contributed by atoms with Crippen molar-refractivity contribution < 1.29 is 17.9 Å². The zero-order valence-corrected chi connectivity index (χ0v) is 14.8. The van der Waals surface area contributed by atoms with Crippen LogP contribution in [0.4, 0.5) is 0 Å². The first-order chi connectivity index (χ1) is 11.4. The van der Waals surface area contributed by atoms with Gasteiger partial charge in [0.2, 0.25) is 15.9 Å². The molecule has 24 heavy (non-hydrogen) atoms. The van der Waals surface area contributed by atoms with Crippen molar-refractivity contribution in [2.75, 3.05) is 39.0 Å². The molecule has 132 valence electrons. The summed E-state index contributed by atoms with van der Waals surface area (Å²) in [6.45, 7) is 2.48. The van der Waals surface area contributed by atoms with Crippen LogP contribution in [0.25, 0.3) is 0 Å². The Bertz CT molecular complexity index is 704. The third-order valence-corrected chi connectivity index (χ3v) is 6.05. The van der Waals surface area contributed by atoms with Crippen molar-refractivity contribution in [1.29, 1.82) is 0 Å². The fourth-order valence-corrected chi connectivity index (χ4v) is 4.28. The Hall–Kier alpha value is -1.60. The lowest BCUT2D eigenvalue weighted by molar-refractivity contribution is -0.135. The topological polar surface area (TPSA) is 66.9 Å². The summed E-state index contributed by atoms with van der Waals surface area (Å²) in [6.07, 6.45) is 3.28. The van der Waals surface area contributed by atoms with Crippen LogP contribution < -0.4 is 4.74 Å². The van der Waals surface area contributed by atoms with Gasteiger partial charge in [0.25, 0.3) is 0 Å². The van der Waals surface area contributed by atoms with Crippen LogP contribution in [0.15, 0.2) is 24.3 Å². The first-order valence-corrected chi connectivity index (χ1v) is 10.2. The smallest absolute Gasteiger partial charge is 0.226 e. The van der Waals surface area contributed by atoms with Gasteiger partial charge in [-0.2, -0.15) is 0 Å². The molecule has 6 nitrogen and oxygen atoms in total. The van der Waals surface area contributed by atoms with Crippen LogP contribution in [0, 0.1) is 5.92 Å². The quantitative estimate of drug-likeness (QED) is 0.800. The summed E-state index contributed by atoms with van der Waals surface area (Å²) in [7, 11) is -3.19. The summed E-state index contributed by atoms with van der Waals surface area (Å²) in [5, 5.41) is 0. The highest BCUT2D eigenvalue weighted by Crippen LogP contribution is 2.27. The van der Waals surface area contributed by atoms with E-state index in [4.69, 9.17) is 4.74 Å². The van der Waals surface area contributed by atoms with Gasteiger partial charge in [-0.3, -0.25) is 4.79 Å². The molecule has 2 heterocycles. The molecule has 1 amide bonds. The van der Waals surface area contributed by atoms with Crippen LogP contribution in [0.5, 0.6) is 5.75 Å². The van der Waals surface area contributed by atoms with E-state index in [9.17, 15) is 13.2 Å². The lowest BCUT2D eigenvalue weighted by atomic mass is 9.95. The summed E-state index contributed by atoms with van der Waals surface area (Å²) in [4.78, 5) is 14.8. The van der Waals surface area contributed by atoms with Crippen LogP contribution in [0.3, 0.4) is 0 Å². The van der Waals surface area contributed by atoms with Gasteiger partial charge in [0, 0.05) is 32.1 Å². The van der Waals surface area contributed by atoms with Crippen LogP contribution in [0.2, 0.25) is 0 Å². The van der Waals surface area contributed by atoms with Gasteiger partial charge in [-0.25, -0.2) is 12.7 Å². The van der Waals surface area contributed by atoms with Crippen molar-refractivity contribution in [2.45, 2.75) is 19.3 Å². The minimum atomic E-state index is -3.19. The van der Waals surface area contributed by atoms with E-state index in [1.807, 2.05) is 29.2 Å². The minimum absolute atomic E-state index is 0.0987. The number of nitrogens with zero attached hydrogens (tertiary/aromatic N) is 2. The van der Waals surface area contributed by atoms with E-state index in [0.29, 0.717) is 52.0 Å². The maximum absolute atomic E-state index is 12.9. The number of benzene rings is 1. The summed E-state index contributed by atoms with van der Waals surface area (Å²) >= 11 is 0. The Morgan fingerprint density at radius 2 is 1.96 bits per heavy atom. The summed E-state index contributed by atoms with van der Waals surface area (Å²) in [5.74, 6) is 0.885. The molecule has 0 bridgehead atoms. The van der Waals surface area contributed by atoms with Crippen LogP contribution in [-0.4, -0.2) is 62.6 Å². The van der Waals surface area contributed by atoms with E-state index in [1.54, 1.807) is 0 Å². The fraction of sp³-hybridized carbons (Fsp3) is 0.588. The molecule has 0 N–H and O–H groups in total. The molecular formula is C17H24N2O4S. The third kappa shape index (κ3) is 3.89. The Morgan fingerprint density at radius 1 is 1.17 bits per heavy atom. The fourth-order valence-electron chi connectivity index (χ4n) is 3.41. The Morgan fingerprint density at radius 3 is 2.75 bits per heavy atom. The number of carbonyl (C=O) groups is 1. The number of hydrogen-bond donors (Lipinski definition) is 0. The van der Waals surface area contributed by atoms with Crippen LogP contribution >= 0.6 is 0 Å². The molecule has 7 heteroatoms. The molecule has 1 unspecified atom stereocenters. The van der Waals surface area contributed by atoms with Gasteiger partial charge in [0.05, 0.1) is 12.9 Å². The molecule has 0 saturated carbocycles. The largest absolute Gasteiger partial charge is 0.493 e. The number of fused-ring (bicyclic) bond motifs is 1. The average molecular weight is 352 g/mol. The molecule has 0 aromatic heterocycles. The van der Waals surface area contributed by atoms with E-state index in [2.05, 4.69) is 0 Å². The second-order valence-electron chi connectivity index (χ2n) is 6.49. The monoisotopic (exact) mass is 352 g/mol. The molecule has 1 aromatic rings. The van der Waals surface area contributed by atoms with Crippen molar-refractivity contribution in [3.63, 3.8) is 0 Å². The van der Waals surface area contributed by atoms with Crippen LogP contribution in [-0.2, 0) is 21.2 Å². The lowest BCUT2D eigenvalue weighted by Crippen LogP contribution is -2.40. The summed E-state index contributed by atoms with van der Waals surface area (Å²) < 4.78 is 30.6. The molecule has 0 spiro atoms. The highest BCUT2D eigenvalue weighted by Gasteiger charge is 2.30. The molecule has 1 atom stereocenters. The minimum Gasteiger partial charge on any atom is -0.493 e. The van der Waals surface area contributed by atoms with Crippen molar-refractivity contribution in [3.05, 3.63) is 29.8 Å². The van der Waals surface area contributed by atoms with E-state index < -0.39 is 10.0 Å². The van der Waals surface area contributed by atoms with Gasteiger partial charge < -0.3 is 9.64 Å². The van der Waals surface area contributed by atoms with E-state index in [-0.39, 0.29) is 11.8 Å². The Balaban J connectivity index is 1.68. The number of amides is 1.